The molecule has 2 aliphatic rings. The van der Waals surface area contributed by atoms with E-state index in [2.05, 4.69) is 22.1 Å². The SMILES string of the molecule is COc1cnc(Cl)c2[nH]cc(C(=O)C(=O)N3CCC(=C4c5ccc(Cl)cc5CCc5cccnc54)CC3)c12. The fraction of sp³-hybridized carbons (Fsp3) is 0.241. The van der Waals surface area contributed by atoms with E-state index >= 15 is 0 Å². The molecule has 38 heavy (non-hydrogen) atoms. The second-order valence-corrected chi connectivity index (χ2v) is 10.3. The molecule has 0 radical (unpaired) electrons. The number of hydrogen-bond donors (Lipinski definition) is 1. The molecule has 7 nitrogen and oxygen atoms in total. The Morgan fingerprint density at radius 1 is 1.03 bits per heavy atom. The van der Waals surface area contributed by atoms with Crippen LogP contribution in [-0.4, -0.2) is 51.7 Å². The van der Waals surface area contributed by atoms with Crippen molar-refractivity contribution < 1.29 is 14.3 Å². The van der Waals surface area contributed by atoms with Crippen LogP contribution < -0.4 is 4.74 Å². The van der Waals surface area contributed by atoms with Crippen molar-refractivity contribution in [2.45, 2.75) is 25.7 Å². The first-order chi connectivity index (χ1) is 18.5. The van der Waals surface area contributed by atoms with E-state index in [0.29, 0.717) is 42.6 Å². The Morgan fingerprint density at radius 2 is 1.82 bits per heavy atom. The minimum Gasteiger partial charge on any atom is -0.494 e. The molecule has 0 spiro atoms. The predicted octanol–water partition coefficient (Wildman–Crippen LogP) is 5.68. The van der Waals surface area contributed by atoms with Gasteiger partial charge in [-0.15, -0.1) is 0 Å². The van der Waals surface area contributed by atoms with Gasteiger partial charge < -0.3 is 14.6 Å². The number of ether oxygens (including phenoxy) is 1. The van der Waals surface area contributed by atoms with Gasteiger partial charge in [-0.25, -0.2) is 4.98 Å². The van der Waals surface area contributed by atoms with Crippen molar-refractivity contribution in [2.24, 2.45) is 0 Å². The Morgan fingerprint density at radius 3 is 2.61 bits per heavy atom. The number of benzene rings is 1. The van der Waals surface area contributed by atoms with Crippen LogP contribution in [0, 0.1) is 0 Å². The summed E-state index contributed by atoms with van der Waals surface area (Å²) in [5.41, 5.74) is 7.61. The van der Waals surface area contributed by atoms with Crippen molar-refractivity contribution in [3.63, 3.8) is 0 Å². The van der Waals surface area contributed by atoms with E-state index in [4.69, 9.17) is 32.9 Å². The van der Waals surface area contributed by atoms with E-state index in [1.54, 1.807) is 4.90 Å². The molecular weight excluding hydrogens is 523 g/mol. The van der Waals surface area contributed by atoms with Crippen molar-refractivity contribution in [2.75, 3.05) is 20.2 Å². The summed E-state index contributed by atoms with van der Waals surface area (Å²) in [5.74, 6) is -0.767. The average Bonchev–Trinajstić information content (AvgIpc) is 3.33. The van der Waals surface area contributed by atoms with Gasteiger partial charge in [0.25, 0.3) is 11.7 Å². The number of nitrogens with one attached hydrogen (secondary N) is 1. The van der Waals surface area contributed by atoms with Crippen LogP contribution in [0.5, 0.6) is 5.75 Å². The van der Waals surface area contributed by atoms with Crippen molar-refractivity contribution in [1.29, 1.82) is 0 Å². The fourth-order valence-electron chi connectivity index (χ4n) is 5.54. The van der Waals surface area contributed by atoms with Crippen LogP contribution in [0.1, 0.15) is 45.6 Å². The molecule has 1 aromatic carbocycles. The molecule has 192 valence electrons. The standard InChI is InChI=1S/C29H24Cl2N4O3/c1-38-22-15-34-28(31)26-24(22)21(14-33-26)27(36)29(37)35-11-8-16(9-12-35)23-20-7-6-19(30)13-18(20)5-4-17-3-2-10-32-25(17)23/h2-3,6-7,10,13-15,33H,4-5,8-9,11-12H2,1H3. The number of ketones is 1. The minimum atomic E-state index is -0.602. The van der Waals surface area contributed by atoms with E-state index in [-0.39, 0.29) is 10.7 Å². The summed E-state index contributed by atoms with van der Waals surface area (Å²) in [6, 6.07) is 10.1. The van der Waals surface area contributed by atoms with Crippen LogP contribution in [0.3, 0.4) is 0 Å². The summed E-state index contributed by atoms with van der Waals surface area (Å²) in [7, 11) is 1.49. The molecule has 0 atom stereocenters. The van der Waals surface area contributed by atoms with E-state index in [1.807, 2.05) is 24.4 Å². The Hall–Kier alpha value is -3.68. The summed E-state index contributed by atoms with van der Waals surface area (Å²) < 4.78 is 5.37. The first kappa shape index (κ1) is 24.6. The number of rotatable bonds is 3. The summed E-state index contributed by atoms with van der Waals surface area (Å²) >= 11 is 12.5. The summed E-state index contributed by atoms with van der Waals surface area (Å²) in [4.78, 5) is 40.1. The van der Waals surface area contributed by atoms with E-state index in [0.717, 1.165) is 34.7 Å². The van der Waals surface area contributed by atoms with Crippen molar-refractivity contribution in [3.05, 3.63) is 92.6 Å². The molecule has 3 aromatic heterocycles. The zero-order valence-electron chi connectivity index (χ0n) is 20.7. The maximum atomic E-state index is 13.3. The number of H-pyrrole nitrogens is 1. The van der Waals surface area contributed by atoms with Gasteiger partial charge in [-0.05, 0) is 60.6 Å². The van der Waals surface area contributed by atoms with Gasteiger partial charge in [-0.3, -0.25) is 14.6 Å². The number of amides is 1. The number of nitrogens with zero attached hydrogens (tertiary/aromatic N) is 3. The maximum Gasteiger partial charge on any atom is 0.295 e. The highest BCUT2D eigenvalue weighted by molar-refractivity contribution is 6.45. The van der Waals surface area contributed by atoms with E-state index in [1.165, 1.54) is 36.2 Å². The Bertz CT molecular complexity index is 1630. The summed E-state index contributed by atoms with van der Waals surface area (Å²) in [6.07, 6.45) is 7.85. The number of aromatic nitrogens is 3. The third kappa shape index (κ3) is 4.16. The number of aryl methyl sites for hydroxylation is 2. The molecule has 1 aliphatic heterocycles. The molecule has 9 heteroatoms. The second-order valence-electron chi connectivity index (χ2n) is 9.48. The lowest BCUT2D eigenvalue weighted by molar-refractivity contribution is -0.126. The zero-order valence-corrected chi connectivity index (χ0v) is 22.2. The van der Waals surface area contributed by atoms with Crippen LogP contribution in [-0.2, 0) is 17.6 Å². The zero-order chi connectivity index (χ0) is 26.4. The number of halogens is 2. The molecule has 4 aromatic rings. The molecule has 0 unspecified atom stereocenters. The lowest BCUT2D eigenvalue weighted by Crippen LogP contribution is -2.40. The summed E-state index contributed by atoms with van der Waals surface area (Å²) in [6.45, 7) is 0.882. The second kappa shape index (κ2) is 9.89. The smallest absolute Gasteiger partial charge is 0.295 e. The maximum absolute atomic E-state index is 13.3. The highest BCUT2D eigenvalue weighted by Gasteiger charge is 2.31. The molecule has 1 saturated heterocycles. The molecule has 0 saturated carbocycles. The first-order valence-electron chi connectivity index (χ1n) is 12.4. The van der Waals surface area contributed by atoms with Crippen LogP contribution in [0.2, 0.25) is 10.2 Å². The number of carbonyl (C=O) groups excluding carboxylic acids is 2. The number of carbonyl (C=O) groups is 2. The van der Waals surface area contributed by atoms with Gasteiger partial charge in [0.2, 0.25) is 0 Å². The van der Waals surface area contributed by atoms with Crippen LogP contribution in [0.25, 0.3) is 16.5 Å². The Balaban J connectivity index is 1.31. The van der Waals surface area contributed by atoms with Gasteiger partial charge in [0, 0.05) is 36.1 Å². The topological polar surface area (TPSA) is 88.2 Å². The average molecular weight is 547 g/mol. The number of pyridine rings is 2. The lowest BCUT2D eigenvalue weighted by atomic mass is 9.88. The third-order valence-electron chi connectivity index (χ3n) is 7.42. The van der Waals surface area contributed by atoms with Crippen LogP contribution >= 0.6 is 23.2 Å². The minimum absolute atomic E-state index is 0.209. The molecule has 4 heterocycles. The number of piperidine rings is 1. The van der Waals surface area contributed by atoms with Gasteiger partial charge in [0.05, 0.1) is 35.5 Å². The molecular formula is C29H24Cl2N4O3. The van der Waals surface area contributed by atoms with Gasteiger partial charge in [-0.2, -0.15) is 0 Å². The number of fused-ring (bicyclic) bond motifs is 3. The number of methoxy groups -OCH3 is 1. The highest BCUT2D eigenvalue weighted by atomic mass is 35.5. The quantitative estimate of drug-likeness (QED) is 0.203. The molecule has 1 amide bonds. The largest absolute Gasteiger partial charge is 0.494 e. The van der Waals surface area contributed by atoms with Gasteiger partial charge in [0.1, 0.15) is 5.75 Å². The van der Waals surface area contributed by atoms with Gasteiger partial charge >= 0.3 is 0 Å². The van der Waals surface area contributed by atoms with Crippen LogP contribution in [0.15, 0.2) is 54.5 Å². The molecule has 6 rings (SSSR count). The number of Topliss-reactive ketones (excluding diaryl/α,β-unsaturated/α-hetero) is 1. The first-order valence-corrected chi connectivity index (χ1v) is 13.2. The molecule has 1 N–H and O–H groups in total. The van der Waals surface area contributed by atoms with Crippen LogP contribution in [0.4, 0.5) is 0 Å². The van der Waals surface area contributed by atoms with Crippen molar-refractivity contribution >= 4 is 51.4 Å². The molecule has 1 aliphatic carbocycles. The monoisotopic (exact) mass is 546 g/mol. The van der Waals surface area contributed by atoms with Gasteiger partial charge in [-0.1, -0.05) is 40.9 Å². The van der Waals surface area contributed by atoms with E-state index in [9.17, 15) is 9.59 Å². The Labute approximate surface area is 229 Å². The fourth-order valence-corrected chi connectivity index (χ4v) is 5.93. The molecule has 0 bridgehead atoms. The van der Waals surface area contributed by atoms with Gasteiger partial charge in [0.15, 0.2) is 5.15 Å². The summed E-state index contributed by atoms with van der Waals surface area (Å²) in [5, 5.41) is 1.39. The molecule has 1 fully saturated rings. The van der Waals surface area contributed by atoms with Crippen molar-refractivity contribution in [1.82, 2.24) is 19.9 Å². The number of aromatic amines is 1. The number of likely N-dealkylation sites (tertiary alicyclic amines) is 1. The van der Waals surface area contributed by atoms with Crippen molar-refractivity contribution in [3.8, 4) is 5.75 Å². The normalized spacial score (nSPS) is 15.2. The lowest BCUT2D eigenvalue weighted by Gasteiger charge is -2.30. The third-order valence-corrected chi connectivity index (χ3v) is 7.94. The Kier molecular flexibility index (Phi) is 6.41. The highest BCUT2D eigenvalue weighted by Crippen LogP contribution is 2.39. The van der Waals surface area contributed by atoms with E-state index < -0.39 is 11.7 Å². The predicted molar refractivity (Wildman–Crippen MR) is 147 cm³/mol. The number of hydrogen-bond acceptors (Lipinski definition) is 5.